The Balaban J connectivity index is 1.83. The van der Waals surface area contributed by atoms with E-state index < -0.39 is 41.2 Å². The monoisotopic (exact) mass is 506 g/mol. The fraction of sp³-hybridized carbons (Fsp3) is 0.250. The zero-order valence-corrected chi connectivity index (χ0v) is 18.6. The minimum Gasteiger partial charge on any atom is -0.508 e. The molecule has 12 heteroatoms. The predicted molar refractivity (Wildman–Crippen MR) is 121 cm³/mol. The highest BCUT2D eigenvalue weighted by Gasteiger charge is 2.34. The molecule has 0 unspecified atom stereocenters. The Hall–Kier alpha value is -4.35. The fourth-order valence-electron chi connectivity index (χ4n) is 3.45. The van der Waals surface area contributed by atoms with Crippen LogP contribution in [-0.2, 0) is 27.0 Å². The molecule has 0 bridgehead atoms. The maximum atomic E-state index is 13.3. The van der Waals surface area contributed by atoms with E-state index in [1.54, 1.807) is 0 Å². The van der Waals surface area contributed by atoms with Gasteiger partial charge in [-0.15, -0.1) is 0 Å². The molecule has 0 aliphatic carbocycles. The maximum absolute atomic E-state index is 13.3. The first kappa shape index (κ1) is 26.3. The maximum Gasteiger partial charge on any atom is 0.417 e. The number of benzene rings is 2. The molecule has 3 aromatic rings. The molecule has 0 fully saturated rings. The van der Waals surface area contributed by atoms with Crippen molar-refractivity contribution in [2.75, 3.05) is 5.32 Å². The summed E-state index contributed by atoms with van der Waals surface area (Å²) in [6.45, 7) is 0. The van der Waals surface area contributed by atoms with Crippen LogP contribution in [0.4, 0.5) is 18.9 Å². The molecule has 4 N–H and O–H groups in total. The van der Waals surface area contributed by atoms with Gasteiger partial charge in [0.15, 0.2) is 0 Å². The van der Waals surface area contributed by atoms with E-state index in [9.17, 15) is 37.5 Å². The smallest absolute Gasteiger partial charge is 0.417 e. The molecule has 0 saturated heterocycles. The second kappa shape index (κ2) is 10.9. The first-order chi connectivity index (χ1) is 16.9. The number of carboxylic acids is 1. The lowest BCUT2D eigenvalue weighted by atomic mass is 10.0. The Morgan fingerprint density at radius 3 is 2.33 bits per heavy atom. The first-order valence-corrected chi connectivity index (χ1v) is 10.7. The van der Waals surface area contributed by atoms with Crippen molar-refractivity contribution in [1.82, 2.24) is 5.32 Å². The Morgan fingerprint density at radius 2 is 1.69 bits per heavy atom. The van der Waals surface area contributed by atoms with E-state index in [-0.39, 0.29) is 48.1 Å². The third-order valence-corrected chi connectivity index (χ3v) is 5.14. The van der Waals surface area contributed by atoms with Crippen LogP contribution in [0.25, 0.3) is 11.0 Å². The first-order valence-electron chi connectivity index (χ1n) is 10.7. The number of anilines is 1. The summed E-state index contributed by atoms with van der Waals surface area (Å²) < 4.78 is 44.7. The number of nitrogens with one attached hydrogen (secondary N) is 2. The van der Waals surface area contributed by atoms with Gasteiger partial charge in [-0.05, 0) is 36.2 Å². The fourth-order valence-corrected chi connectivity index (χ4v) is 3.45. The van der Waals surface area contributed by atoms with Gasteiger partial charge in [-0.25, -0.2) is 4.79 Å². The van der Waals surface area contributed by atoms with E-state index in [1.165, 1.54) is 30.3 Å². The summed E-state index contributed by atoms with van der Waals surface area (Å²) in [5, 5.41) is 22.8. The van der Waals surface area contributed by atoms with Gasteiger partial charge in [0, 0.05) is 42.5 Å². The minimum atomic E-state index is -4.79. The van der Waals surface area contributed by atoms with Gasteiger partial charge in [0.2, 0.25) is 11.8 Å². The predicted octanol–water partition coefficient (Wildman–Crippen LogP) is 3.44. The summed E-state index contributed by atoms with van der Waals surface area (Å²) >= 11 is 0. The Kier molecular flexibility index (Phi) is 7.97. The lowest BCUT2D eigenvalue weighted by Crippen LogP contribution is -2.45. The van der Waals surface area contributed by atoms with Crippen molar-refractivity contribution >= 4 is 34.4 Å². The van der Waals surface area contributed by atoms with E-state index in [2.05, 4.69) is 10.6 Å². The number of carboxylic acid groups (broad SMARTS) is 1. The van der Waals surface area contributed by atoms with Crippen LogP contribution in [0.2, 0.25) is 0 Å². The summed E-state index contributed by atoms with van der Waals surface area (Å²) in [4.78, 5) is 47.6. The Bertz CT molecular complexity index is 1330. The molecule has 2 aromatic carbocycles. The third kappa shape index (κ3) is 7.08. The summed E-state index contributed by atoms with van der Waals surface area (Å²) in [6.07, 6.45) is -5.12. The molecule has 0 saturated carbocycles. The topological polar surface area (TPSA) is 146 Å². The number of alkyl halides is 3. The Labute approximate surface area is 201 Å². The van der Waals surface area contributed by atoms with Crippen molar-refractivity contribution in [2.24, 2.45) is 0 Å². The molecule has 2 amide bonds. The number of aliphatic carboxylic acids is 1. The highest BCUT2D eigenvalue weighted by molar-refractivity contribution is 5.99. The van der Waals surface area contributed by atoms with Crippen LogP contribution in [0.15, 0.2) is 57.7 Å². The zero-order valence-electron chi connectivity index (χ0n) is 18.6. The van der Waals surface area contributed by atoms with Crippen LogP contribution in [0.3, 0.4) is 0 Å². The average Bonchev–Trinajstić information content (AvgIpc) is 2.78. The number of hydrogen-bond donors (Lipinski definition) is 4. The largest absolute Gasteiger partial charge is 0.508 e. The number of carbonyl (C=O) groups is 3. The number of amides is 2. The molecule has 0 aliphatic rings. The molecule has 0 aliphatic heterocycles. The van der Waals surface area contributed by atoms with Crippen LogP contribution in [-0.4, -0.2) is 34.0 Å². The van der Waals surface area contributed by atoms with Gasteiger partial charge < -0.3 is 25.3 Å². The number of carbonyl (C=O) groups excluding carboxylic acids is 2. The molecule has 3 rings (SSSR count). The standard InChI is InChI=1S/C24H21F3N2O7/c25-24(26,27)17-12-22(34)36-19-11-14(6-9-16(17)19)28-23(35)18(10-13-4-7-15(30)8-5-13)29-20(31)2-1-3-21(32)33/h4-9,11-12,18,30H,1-3,10H2,(H,28,35)(H,29,31)(H,32,33)/t18-/m0/s1. The molecular weight excluding hydrogens is 485 g/mol. The minimum absolute atomic E-state index is 0.00231. The summed E-state index contributed by atoms with van der Waals surface area (Å²) in [7, 11) is 0. The van der Waals surface area contributed by atoms with Crippen molar-refractivity contribution in [1.29, 1.82) is 0 Å². The van der Waals surface area contributed by atoms with Gasteiger partial charge in [-0.2, -0.15) is 13.2 Å². The number of aromatic hydroxyl groups is 1. The normalized spacial score (nSPS) is 12.2. The molecule has 1 atom stereocenters. The summed E-state index contributed by atoms with van der Waals surface area (Å²) in [5.74, 6) is -2.37. The number of phenols is 1. The second-order valence-corrected chi connectivity index (χ2v) is 7.92. The van der Waals surface area contributed by atoms with Gasteiger partial charge in [0.1, 0.15) is 17.4 Å². The molecule has 190 valence electrons. The zero-order chi connectivity index (χ0) is 26.5. The van der Waals surface area contributed by atoms with Gasteiger partial charge in [0.05, 0.1) is 5.56 Å². The number of phenolic OH excluding ortho intramolecular Hbond substituents is 1. The molecule has 36 heavy (non-hydrogen) atoms. The van der Waals surface area contributed by atoms with Gasteiger partial charge in [-0.1, -0.05) is 12.1 Å². The number of rotatable bonds is 9. The number of hydrogen-bond acceptors (Lipinski definition) is 6. The van der Waals surface area contributed by atoms with E-state index in [0.29, 0.717) is 11.6 Å². The van der Waals surface area contributed by atoms with Crippen LogP contribution in [0, 0.1) is 0 Å². The van der Waals surface area contributed by atoms with Gasteiger partial charge in [-0.3, -0.25) is 14.4 Å². The van der Waals surface area contributed by atoms with Gasteiger partial charge >= 0.3 is 17.8 Å². The van der Waals surface area contributed by atoms with Crippen LogP contribution in [0.1, 0.15) is 30.4 Å². The van der Waals surface area contributed by atoms with Crippen molar-refractivity contribution in [3.05, 3.63) is 70.1 Å². The van der Waals surface area contributed by atoms with Crippen molar-refractivity contribution < 1.29 is 42.2 Å². The molecule has 1 aromatic heterocycles. The van der Waals surface area contributed by atoms with Gasteiger partial charge in [0.25, 0.3) is 0 Å². The number of halogens is 3. The third-order valence-electron chi connectivity index (χ3n) is 5.14. The van der Waals surface area contributed by atoms with Crippen molar-refractivity contribution in [3.8, 4) is 5.75 Å². The lowest BCUT2D eigenvalue weighted by molar-refractivity contribution is -0.138. The van der Waals surface area contributed by atoms with E-state index in [0.717, 1.165) is 12.1 Å². The second-order valence-electron chi connectivity index (χ2n) is 7.92. The summed E-state index contributed by atoms with van der Waals surface area (Å²) in [6, 6.07) is 8.37. The molecule has 9 nitrogen and oxygen atoms in total. The van der Waals surface area contributed by atoms with E-state index in [1.807, 2.05) is 0 Å². The van der Waals surface area contributed by atoms with Crippen molar-refractivity contribution in [3.63, 3.8) is 0 Å². The highest BCUT2D eigenvalue weighted by Crippen LogP contribution is 2.34. The van der Waals surface area contributed by atoms with Crippen molar-refractivity contribution in [2.45, 2.75) is 37.9 Å². The number of fused-ring (bicyclic) bond motifs is 1. The lowest BCUT2D eigenvalue weighted by Gasteiger charge is -2.19. The quantitative estimate of drug-likeness (QED) is 0.325. The Morgan fingerprint density at radius 1 is 1.00 bits per heavy atom. The SMILES string of the molecule is O=C(O)CCCC(=O)N[C@@H](Cc1ccc(O)cc1)C(=O)Nc1ccc2c(C(F)(F)F)cc(=O)oc2c1. The van der Waals surface area contributed by atoms with E-state index >= 15 is 0 Å². The van der Waals surface area contributed by atoms with E-state index in [4.69, 9.17) is 9.52 Å². The molecule has 1 heterocycles. The summed E-state index contributed by atoms with van der Waals surface area (Å²) in [5.41, 5.74) is -2.17. The molecule has 0 radical (unpaired) electrons. The molecule has 0 spiro atoms. The van der Waals surface area contributed by atoms with Crippen LogP contribution < -0.4 is 16.3 Å². The molecular formula is C24H21F3N2O7. The highest BCUT2D eigenvalue weighted by atomic mass is 19.4. The van der Waals surface area contributed by atoms with Crippen LogP contribution in [0.5, 0.6) is 5.75 Å². The average molecular weight is 506 g/mol. The van der Waals surface area contributed by atoms with Crippen LogP contribution >= 0.6 is 0 Å².